The summed E-state index contributed by atoms with van der Waals surface area (Å²) in [6.45, 7) is 1.36. The molecule has 0 radical (unpaired) electrons. The van der Waals surface area contributed by atoms with Gasteiger partial charge in [0, 0.05) is 31.3 Å². The van der Waals surface area contributed by atoms with Gasteiger partial charge < -0.3 is 15.0 Å². The summed E-state index contributed by atoms with van der Waals surface area (Å²) in [5, 5.41) is 11.4. The zero-order valence-electron chi connectivity index (χ0n) is 14.5. The standard InChI is InChI=1S/C18H20N6O2/c1-26-16-6-5-14(12-19-16)20-18(25)23-10-7-13(8-11-23)17-22-21-15-4-2-3-9-24(15)17/h2-6,9,12-13H,7-8,10-11H2,1H3,(H,20,25). The molecule has 4 rings (SSSR count). The van der Waals surface area contributed by atoms with Crippen LogP contribution in [0.2, 0.25) is 0 Å². The predicted molar refractivity (Wildman–Crippen MR) is 96.3 cm³/mol. The van der Waals surface area contributed by atoms with Gasteiger partial charge in [0.25, 0.3) is 0 Å². The van der Waals surface area contributed by atoms with Crippen molar-refractivity contribution in [2.75, 3.05) is 25.5 Å². The molecule has 1 N–H and O–H groups in total. The minimum absolute atomic E-state index is 0.110. The quantitative estimate of drug-likeness (QED) is 0.783. The Kier molecular flexibility index (Phi) is 4.39. The first-order valence-corrected chi connectivity index (χ1v) is 8.60. The normalized spacial score (nSPS) is 15.2. The Bertz CT molecular complexity index is 899. The number of urea groups is 1. The Labute approximate surface area is 150 Å². The Balaban J connectivity index is 1.37. The monoisotopic (exact) mass is 352 g/mol. The molecule has 0 aromatic carbocycles. The second kappa shape index (κ2) is 6.99. The maximum absolute atomic E-state index is 12.5. The number of pyridine rings is 2. The summed E-state index contributed by atoms with van der Waals surface area (Å²) in [6, 6.07) is 9.26. The SMILES string of the molecule is COc1ccc(NC(=O)N2CCC(c3nnc4ccccn34)CC2)cn1. The third-order valence-electron chi connectivity index (χ3n) is 4.68. The number of nitrogens with one attached hydrogen (secondary N) is 1. The third kappa shape index (κ3) is 3.17. The van der Waals surface area contributed by atoms with Gasteiger partial charge in [-0.15, -0.1) is 10.2 Å². The Morgan fingerprint density at radius 3 is 2.77 bits per heavy atom. The summed E-state index contributed by atoms with van der Waals surface area (Å²) < 4.78 is 7.05. The molecule has 1 aliphatic heterocycles. The molecule has 1 fully saturated rings. The average Bonchev–Trinajstić information content (AvgIpc) is 3.13. The lowest BCUT2D eigenvalue weighted by Gasteiger charge is -2.31. The number of methoxy groups -OCH3 is 1. The van der Waals surface area contributed by atoms with Crippen LogP contribution < -0.4 is 10.1 Å². The van der Waals surface area contributed by atoms with Crippen LogP contribution in [-0.4, -0.2) is 50.7 Å². The van der Waals surface area contributed by atoms with Crippen LogP contribution >= 0.6 is 0 Å². The molecule has 26 heavy (non-hydrogen) atoms. The third-order valence-corrected chi connectivity index (χ3v) is 4.68. The number of fused-ring (bicyclic) bond motifs is 1. The van der Waals surface area contributed by atoms with E-state index >= 15 is 0 Å². The summed E-state index contributed by atoms with van der Waals surface area (Å²) >= 11 is 0. The van der Waals surface area contributed by atoms with Crippen LogP contribution in [0.1, 0.15) is 24.6 Å². The fourth-order valence-electron chi connectivity index (χ4n) is 3.26. The van der Waals surface area contributed by atoms with Crippen LogP contribution in [0.25, 0.3) is 5.65 Å². The summed E-state index contributed by atoms with van der Waals surface area (Å²) in [4.78, 5) is 18.4. The first-order valence-electron chi connectivity index (χ1n) is 8.60. The van der Waals surface area contributed by atoms with Crippen molar-refractivity contribution in [2.45, 2.75) is 18.8 Å². The maximum Gasteiger partial charge on any atom is 0.321 e. The van der Waals surface area contributed by atoms with E-state index in [0.29, 0.717) is 30.6 Å². The van der Waals surface area contributed by atoms with Crippen molar-refractivity contribution >= 4 is 17.4 Å². The molecule has 3 aromatic heterocycles. The molecule has 1 aliphatic rings. The number of hydrogen-bond acceptors (Lipinski definition) is 5. The number of amides is 2. The minimum atomic E-state index is -0.110. The molecular formula is C18H20N6O2. The Morgan fingerprint density at radius 1 is 1.19 bits per heavy atom. The van der Waals surface area contributed by atoms with E-state index < -0.39 is 0 Å². The lowest BCUT2D eigenvalue weighted by Crippen LogP contribution is -2.40. The van der Waals surface area contributed by atoms with Gasteiger partial charge in [-0.25, -0.2) is 9.78 Å². The zero-order chi connectivity index (χ0) is 17.9. The van der Waals surface area contributed by atoms with E-state index in [9.17, 15) is 4.79 Å². The molecule has 0 saturated carbocycles. The summed E-state index contributed by atoms with van der Waals surface area (Å²) in [7, 11) is 1.56. The van der Waals surface area contributed by atoms with Crippen molar-refractivity contribution in [2.24, 2.45) is 0 Å². The second-order valence-corrected chi connectivity index (χ2v) is 6.27. The van der Waals surface area contributed by atoms with Crippen LogP contribution in [-0.2, 0) is 0 Å². The fourth-order valence-corrected chi connectivity index (χ4v) is 3.26. The van der Waals surface area contributed by atoms with Crippen LogP contribution in [0.3, 0.4) is 0 Å². The van der Waals surface area contributed by atoms with Gasteiger partial charge in [0.2, 0.25) is 5.88 Å². The Morgan fingerprint density at radius 2 is 2.04 bits per heavy atom. The van der Waals surface area contributed by atoms with E-state index in [1.54, 1.807) is 25.4 Å². The van der Waals surface area contributed by atoms with E-state index in [1.165, 1.54) is 0 Å². The van der Waals surface area contributed by atoms with Crippen molar-refractivity contribution in [1.29, 1.82) is 0 Å². The maximum atomic E-state index is 12.5. The van der Waals surface area contributed by atoms with Gasteiger partial charge in [-0.1, -0.05) is 6.07 Å². The number of aromatic nitrogens is 4. The zero-order valence-corrected chi connectivity index (χ0v) is 14.5. The molecule has 0 atom stereocenters. The van der Waals surface area contributed by atoms with Crippen LogP contribution in [0.5, 0.6) is 5.88 Å². The van der Waals surface area contributed by atoms with Crippen molar-refractivity contribution in [3.05, 3.63) is 48.5 Å². The molecule has 4 heterocycles. The topological polar surface area (TPSA) is 84.6 Å². The summed E-state index contributed by atoms with van der Waals surface area (Å²) in [6.07, 6.45) is 5.31. The fraction of sp³-hybridized carbons (Fsp3) is 0.333. The summed E-state index contributed by atoms with van der Waals surface area (Å²) in [5.74, 6) is 1.79. The number of rotatable bonds is 3. The molecular weight excluding hydrogens is 332 g/mol. The number of carbonyl (C=O) groups excluding carboxylic acids is 1. The molecule has 134 valence electrons. The van der Waals surface area contributed by atoms with Gasteiger partial charge in [0.15, 0.2) is 5.65 Å². The number of hydrogen-bond donors (Lipinski definition) is 1. The number of ether oxygens (including phenoxy) is 1. The average molecular weight is 352 g/mol. The molecule has 1 saturated heterocycles. The van der Waals surface area contributed by atoms with Crippen LogP contribution in [0.15, 0.2) is 42.7 Å². The van der Waals surface area contributed by atoms with E-state index in [1.807, 2.05) is 33.7 Å². The second-order valence-electron chi connectivity index (χ2n) is 6.27. The van der Waals surface area contributed by atoms with Gasteiger partial charge in [0.05, 0.1) is 19.0 Å². The van der Waals surface area contributed by atoms with Crippen molar-refractivity contribution in [3.63, 3.8) is 0 Å². The van der Waals surface area contributed by atoms with Crippen molar-refractivity contribution < 1.29 is 9.53 Å². The molecule has 2 amide bonds. The van der Waals surface area contributed by atoms with Crippen LogP contribution in [0.4, 0.5) is 10.5 Å². The highest BCUT2D eigenvalue weighted by atomic mass is 16.5. The predicted octanol–water partition coefficient (Wildman–Crippen LogP) is 2.54. The van der Waals surface area contributed by atoms with Crippen LogP contribution in [0, 0.1) is 0 Å². The molecule has 0 unspecified atom stereocenters. The number of anilines is 1. The van der Waals surface area contributed by atoms with Crippen molar-refractivity contribution in [3.8, 4) is 5.88 Å². The van der Waals surface area contributed by atoms with E-state index in [-0.39, 0.29) is 6.03 Å². The van der Waals surface area contributed by atoms with Gasteiger partial charge in [0.1, 0.15) is 5.82 Å². The number of likely N-dealkylation sites (tertiary alicyclic amines) is 1. The van der Waals surface area contributed by atoms with Crippen molar-refractivity contribution in [1.82, 2.24) is 24.5 Å². The smallest absolute Gasteiger partial charge is 0.321 e. The van der Waals surface area contributed by atoms with Gasteiger partial charge in [-0.2, -0.15) is 0 Å². The highest BCUT2D eigenvalue weighted by Crippen LogP contribution is 2.27. The first-order chi connectivity index (χ1) is 12.7. The molecule has 0 spiro atoms. The first kappa shape index (κ1) is 16.3. The highest BCUT2D eigenvalue weighted by Gasteiger charge is 2.26. The van der Waals surface area contributed by atoms with E-state index in [4.69, 9.17) is 4.74 Å². The number of piperidine rings is 1. The van der Waals surface area contributed by atoms with Gasteiger partial charge in [-0.3, -0.25) is 4.40 Å². The molecule has 0 bridgehead atoms. The van der Waals surface area contributed by atoms with E-state index in [0.717, 1.165) is 24.3 Å². The molecule has 3 aromatic rings. The lowest BCUT2D eigenvalue weighted by atomic mass is 9.96. The van der Waals surface area contributed by atoms with Gasteiger partial charge >= 0.3 is 6.03 Å². The van der Waals surface area contributed by atoms with E-state index in [2.05, 4.69) is 20.5 Å². The number of nitrogens with zero attached hydrogens (tertiary/aromatic N) is 5. The molecule has 0 aliphatic carbocycles. The largest absolute Gasteiger partial charge is 0.481 e. The number of carbonyl (C=O) groups is 1. The van der Waals surface area contributed by atoms with Gasteiger partial charge in [-0.05, 0) is 31.0 Å². The molecule has 8 nitrogen and oxygen atoms in total. The minimum Gasteiger partial charge on any atom is -0.481 e. The summed E-state index contributed by atoms with van der Waals surface area (Å²) in [5.41, 5.74) is 1.51. The Hall–Kier alpha value is -3.16. The molecule has 8 heteroatoms. The highest BCUT2D eigenvalue weighted by molar-refractivity contribution is 5.89. The lowest BCUT2D eigenvalue weighted by molar-refractivity contribution is 0.193.